The van der Waals surface area contributed by atoms with E-state index in [4.69, 9.17) is 0 Å². The number of benzene rings is 2. The van der Waals surface area contributed by atoms with E-state index < -0.39 is 0 Å². The summed E-state index contributed by atoms with van der Waals surface area (Å²) in [7, 11) is 3.21. The molecular formula is C20H24N4O3. The van der Waals surface area contributed by atoms with Crippen molar-refractivity contribution in [2.75, 3.05) is 37.8 Å². The molecule has 0 aromatic heterocycles. The zero-order chi connectivity index (χ0) is 19.8. The van der Waals surface area contributed by atoms with Crippen molar-refractivity contribution in [1.29, 1.82) is 0 Å². The molecule has 0 radical (unpaired) electrons. The first-order chi connectivity index (χ1) is 12.9. The van der Waals surface area contributed by atoms with Crippen molar-refractivity contribution >= 4 is 29.1 Å². The van der Waals surface area contributed by atoms with Crippen LogP contribution in [0.1, 0.15) is 15.9 Å². The van der Waals surface area contributed by atoms with Gasteiger partial charge in [-0.25, -0.2) is 0 Å². The second-order valence-electron chi connectivity index (χ2n) is 6.26. The van der Waals surface area contributed by atoms with Crippen LogP contribution >= 0.6 is 0 Å². The third-order valence-corrected chi connectivity index (χ3v) is 3.83. The number of carbonyl (C=O) groups is 3. The Kier molecular flexibility index (Phi) is 7.08. The van der Waals surface area contributed by atoms with Crippen molar-refractivity contribution < 1.29 is 14.4 Å². The van der Waals surface area contributed by atoms with Crippen LogP contribution in [0.4, 0.5) is 11.4 Å². The molecule has 0 aliphatic rings. The minimum Gasteiger partial charge on any atom is -0.358 e. The highest BCUT2D eigenvalue weighted by atomic mass is 16.2. The number of amides is 3. The molecule has 7 heteroatoms. The van der Waals surface area contributed by atoms with Gasteiger partial charge in [0.25, 0.3) is 5.91 Å². The summed E-state index contributed by atoms with van der Waals surface area (Å²) in [6.07, 6.45) is 0. The first-order valence-electron chi connectivity index (χ1n) is 8.55. The van der Waals surface area contributed by atoms with E-state index in [1.807, 2.05) is 25.1 Å². The minimum atomic E-state index is -0.310. The van der Waals surface area contributed by atoms with Crippen molar-refractivity contribution in [3.05, 3.63) is 59.7 Å². The van der Waals surface area contributed by atoms with E-state index in [9.17, 15) is 14.4 Å². The van der Waals surface area contributed by atoms with E-state index in [0.717, 1.165) is 5.56 Å². The van der Waals surface area contributed by atoms with E-state index in [1.54, 1.807) is 49.3 Å². The highest BCUT2D eigenvalue weighted by Gasteiger charge is 2.15. The molecule has 0 bridgehead atoms. The lowest BCUT2D eigenvalue weighted by Crippen LogP contribution is -2.37. The van der Waals surface area contributed by atoms with E-state index >= 15 is 0 Å². The second-order valence-corrected chi connectivity index (χ2v) is 6.26. The lowest BCUT2D eigenvalue weighted by atomic mass is 10.1. The van der Waals surface area contributed by atoms with Crippen molar-refractivity contribution in [3.63, 3.8) is 0 Å². The molecule has 0 aliphatic carbocycles. The fourth-order valence-electron chi connectivity index (χ4n) is 2.53. The summed E-state index contributed by atoms with van der Waals surface area (Å²) in [5.74, 6) is -0.796. The summed E-state index contributed by atoms with van der Waals surface area (Å²) in [5, 5.41) is 8.08. The van der Waals surface area contributed by atoms with Crippen LogP contribution < -0.4 is 16.0 Å². The highest BCUT2D eigenvalue weighted by Crippen LogP contribution is 2.18. The maximum atomic E-state index is 12.6. The maximum Gasteiger partial charge on any atom is 0.257 e. The first kappa shape index (κ1) is 20.1. The van der Waals surface area contributed by atoms with Crippen LogP contribution in [0.2, 0.25) is 0 Å². The van der Waals surface area contributed by atoms with Crippen LogP contribution in [-0.2, 0) is 9.59 Å². The Morgan fingerprint density at radius 1 is 0.926 bits per heavy atom. The van der Waals surface area contributed by atoms with Crippen molar-refractivity contribution in [2.24, 2.45) is 0 Å². The highest BCUT2D eigenvalue weighted by molar-refractivity contribution is 6.10. The molecule has 0 fully saturated rings. The van der Waals surface area contributed by atoms with Gasteiger partial charge in [0, 0.05) is 12.7 Å². The number of anilines is 2. The van der Waals surface area contributed by atoms with Gasteiger partial charge in [-0.2, -0.15) is 0 Å². The lowest BCUT2D eigenvalue weighted by Gasteiger charge is -2.16. The zero-order valence-electron chi connectivity index (χ0n) is 15.7. The van der Waals surface area contributed by atoms with Gasteiger partial charge in [-0.05, 0) is 43.8 Å². The summed E-state index contributed by atoms with van der Waals surface area (Å²) >= 11 is 0. The van der Waals surface area contributed by atoms with Gasteiger partial charge < -0.3 is 16.0 Å². The molecule has 0 unspecified atom stereocenters. The first-order valence-corrected chi connectivity index (χ1v) is 8.55. The quantitative estimate of drug-likeness (QED) is 0.696. The molecule has 2 aromatic rings. The topological polar surface area (TPSA) is 90.5 Å². The third-order valence-electron chi connectivity index (χ3n) is 3.83. The predicted molar refractivity (Wildman–Crippen MR) is 106 cm³/mol. The number of likely N-dealkylation sites (N-methyl/N-ethyl adjacent to an activating group) is 2. The molecule has 3 N–H and O–H groups in total. The van der Waals surface area contributed by atoms with Gasteiger partial charge >= 0.3 is 0 Å². The molecule has 0 atom stereocenters. The van der Waals surface area contributed by atoms with E-state index in [-0.39, 0.29) is 30.8 Å². The molecule has 0 aliphatic heterocycles. The van der Waals surface area contributed by atoms with Crippen LogP contribution in [0.15, 0.2) is 48.5 Å². The zero-order valence-corrected chi connectivity index (χ0v) is 15.7. The summed E-state index contributed by atoms with van der Waals surface area (Å²) < 4.78 is 0. The van der Waals surface area contributed by atoms with E-state index in [1.165, 1.54) is 0 Å². The largest absolute Gasteiger partial charge is 0.358 e. The molecule has 0 saturated carbocycles. The Morgan fingerprint density at radius 2 is 1.63 bits per heavy atom. The number of nitrogens with zero attached hydrogens (tertiary/aromatic N) is 1. The summed E-state index contributed by atoms with van der Waals surface area (Å²) in [5.41, 5.74) is 2.50. The normalized spacial score (nSPS) is 10.4. The molecule has 142 valence electrons. The second kappa shape index (κ2) is 9.49. The fourth-order valence-corrected chi connectivity index (χ4v) is 2.53. The fraction of sp³-hybridized carbons (Fsp3) is 0.250. The summed E-state index contributed by atoms with van der Waals surface area (Å²) in [6.45, 7) is 2.08. The van der Waals surface area contributed by atoms with Gasteiger partial charge in [-0.3, -0.25) is 19.3 Å². The number of aryl methyl sites for hydroxylation is 1. The van der Waals surface area contributed by atoms with Gasteiger partial charge in [-0.15, -0.1) is 0 Å². The number of nitrogens with one attached hydrogen (secondary N) is 3. The predicted octanol–water partition coefficient (Wildman–Crippen LogP) is 1.86. The number of hydrogen-bond acceptors (Lipinski definition) is 4. The number of carbonyl (C=O) groups excluding carboxylic acids is 3. The Labute approximate surface area is 158 Å². The molecule has 2 aromatic carbocycles. The third kappa shape index (κ3) is 6.23. The van der Waals surface area contributed by atoms with E-state index in [2.05, 4.69) is 16.0 Å². The number of para-hydroxylation sites is 1. The maximum absolute atomic E-state index is 12.6. The van der Waals surface area contributed by atoms with Crippen LogP contribution in [0, 0.1) is 6.92 Å². The van der Waals surface area contributed by atoms with Gasteiger partial charge in [0.2, 0.25) is 11.8 Å². The monoisotopic (exact) mass is 368 g/mol. The van der Waals surface area contributed by atoms with Gasteiger partial charge in [0.15, 0.2) is 0 Å². The molecule has 2 rings (SSSR count). The Bertz CT molecular complexity index is 835. The van der Waals surface area contributed by atoms with Crippen LogP contribution in [0.25, 0.3) is 0 Å². The molecule has 0 heterocycles. The van der Waals surface area contributed by atoms with E-state index in [0.29, 0.717) is 16.9 Å². The SMILES string of the molecule is CNC(=O)CN(C)CC(=O)Nc1ccccc1C(=O)Nc1cccc(C)c1. The molecule has 0 spiro atoms. The van der Waals surface area contributed by atoms with Crippen molar-refractivity contribution in [3.8, 4) is 0 Å². The Morgan fingerprint density at radius 3 is 2.33 bits per heavy atom. The average Bonchev–Trinajstić information content (AvgIpc) is 2.61. The Hall–Kier alpha value is -3.19. The van der Waals surface area contributed by atoms with Gasteiger partial charge in [-0.1, -0.05) is 24.3 Å². The molecular weight excluding hydrogens is 344 g/mol. The molecule has 0 saturated heterocycles. The van der Waals surface area contributed by atoms with Crippen molar-refractivity contribution in [2.45, 2.75) is 6.92 Å². The molecule has 7 nitrogen and oxygen atoms in total. The van der Waals surface area contributed by atoms with Crippen molar-refractivity contribution in [1.82, 2.24) is 10.2 Å². The van der Waals surface area contributed by atoms with Crippen LogP contribution in [-0.4, -0.2) is 49.8 Å². The summed E-state index contributed by atoms with van der Waals surface area (Å²) in [4.78, 5) is 37.8. The Balaban J connectivity index is 2.05. The van der Waals surface area contributed by atoms with Gasteiger partial charge in [0.1, 0.15) is 0 Å². The standard InChI is InChI=1S/C20H24N4O3/c1-14-7-6-8-15(11-14)22-20(27)16-9-4-5-10-17(16)23-19(26)13-24(3)12-18(25)21-2/h4-11H,12-13H2,1-3H3,(H,21,25)(H,22,27)(H,23,26). The van der Waals surface area contributed by atoms with Crippen LogP contribution in [0.5, 0.6) is 0 Å². The lowest BCUT2D eigenvalue weighted by molar-refractivity contribution is -0.122. The van der Waals surface area contributed by atoms with Gasteiger partial charge in [0.05, 0.1) is 24.3 Å². The summed E-state index contributed by atoms with van der Waals surface area (Å²) in [6, 6.07) is 14.3. The minimum absolute atomic E-state index is 0.0290. The smallest absolute Gasteiger partial charge is 0.257 e. The number of rotatable bonds is 7. The average molecular weight is 368 g/mol. The number of hydrogen-bond donors (Lipinski definition) is 3. The van der Waals surface area contributed by atoms with Crippen LogP contribution in [0.3, 0.4) is 0 Å². The molecule has 27 heavy (non-hydrogen) atoms. The molecule has 3 amide bonds.